The molecule has 1 aromatic heterocycles. The number of carbonyl (C=O) groups is 1. The molecule has 0 atom stereocenters. The molecule has 0 saturated heterocycles. The summed E-state index contributed by atoms with van der Waals surface area (Å²) in [5.74, 6) is -0.306. The second-order valence-corrected chi connectivity index (χ2v) is 4.98. The van der Waals surface area contributed by atoms with Crippen LogP contribution in [0.15, 0.2) is 48.7 Å². The molecule has 106 valence electrons. The molecule has 0 fully saturated rings. The van der Waals surface area contributed by atoms with Gasteiger partial charge in [0.2, 0.25) is 0 Å². The lowest BCUT2D eigenvalue weighted by Gasteiger charge is -2.06. The lowest BCUT2D eigenvalue weighted by Crippen LogP contribution is -2.28. The molecular formula is C15H11ClFN3O. The van der Waals surface area contributed by atoms with Crippen molar-refractivity contribution in [1.82, 2.24) is 15.1 Å². The predicted octanol–water partition coefficient (Wildman–Crippen LogP) is 3.59. The number of carbonyl (C=O) groups excluding carboxylic acids is 1. The van der Waals surface area contributed by atoms with E-state index in [1.807, 2.05) is 0 Å². The second kappa shape index (κ2) is 5.54. The van der Waals surface area contributed by atoms with Crippen LogP contribution in [0.5, 0.6) is 0 Å². The third-order valence-corrected chi connectivity index (χ3v) is 3.31. The lowest BCUT2D eigenvalue weighted by atomic mass is 10.2. The van der Waals surface area contributed by atoms with Crippen molar-refractivity contribution in [3.05, 3.63) is 65.1 Å². The van der Waals surface area contributed by atoms with Gasteiger partial charge in [-0.05, 0) is 35.9 Å². The Bertz CT molecular complexity index is 798. The Kier molecular flexibility index (Phi) is 3.58. The molecule has 0 unspecified atom stereocenters. The van der Waals surface area contributed by atoms with Crippen LogP contribution in [0, 0.1) is 5.82 Å². The van der Waals surface area contributed by atoms with Crippen molar-refractivity contribution in [2.45, 2.75) is 6.54 Å². The van der Waals surface area contributed by atoms with Crippen molar-refractivity contribution in [2.24, 2.45) is 0 Å². The molecule has 0 aliphatic carbocycles. The maximum absolute atomic E-state index is 12.8. The lowest BCUT2D eigenvalue weighted by molar-refractivity contribution is 0.240. The minimum Gasteiger partial charge on any atom is -0.332 e. The monoisotopic (exact) mass is 303 g/mol. The molecule has 0 aliphatic heterocycles. The van der Waals surface area contributed by atoms with E-state index >= 15 is 0 Å². The number of fused-ring (bicyclic) bond motifs is 1. The van der Waals surface area contributed by atoms with Gasteiger partial charge in [-0.3, -0.25) is 0 Å². The first-order valence-electron chi connectivity index (χ1n) is 6.29. The SMILES string of the molecule is O=C(NCc1ccc(F)cc1)n1ncc2cc(Cl)ccc21. The molecule has 21 heavy (non-hydrogen) atoms. The average molecular weight is 304 g/mol. The summed E-state index contributed by atoms with van der Waals surface area (Å²) < 4.78 is 14.1. The zero-order valence-electron chi connectivity index (χ0n) is 10.9. The van der Waals surface area contributed by atoms with E-state index in [4.69, 9.17) is 11.6 Å². The number of hydrogen-bond donors (Lipinski definition) is 1. The fraction of sp³-hybridized carbons (Fsp3) is 0.0667. The summed E-state index contributed by atoms with van der Waals surface area (Å²) >= 11 is 5.89. The highest BCUT2D eigenvalue weighted by Gasteiger charge is 2.10. The summed E-state index contributed by atoms with van der Waals surface area (Å²) in [5.41, 5.74) is 1.49. The smallest absolute Gasteiger partial charge is 0.332 e. The van der Waals surface area contributed by atoms with Crippen LogP contribution < -0.4 is 5.32 Å². The van der Waals surface area contributed by atoms with Crippen molar-refractivity contribution in [3.8, 4) is 0 Å². The van der Waals surface area contributed by atoms with Gasteiger partial charge in [0.1, 0.15) is 5.82 Å². The van der Waals surface area contributed by atoms with Crippen LogP contribution in [-0.2, 0) is 6.54 Å². The first kappa shape index (κ1) is 13.6. The molecule has 1 amide bonds. The van der Waals surface area contributed by atoms with Crippen LogP contribution in [-0.4, -0.2) is 15.8 Å². The van der Waals surface area contributed by atoms with E-state index in [1.54, 1.807) is 36.5 Å². The molecule has 1 heterocycles. The highest BCUT2D eigenvalue weighted by atomic mass is 35.5. The van der Waals surface area contributed by atoms with Gasteiger partial charge in [0.25, 0.3) is 0 Å². The fourth-order valence-corrected chi connectivity index (χ4v) is 2.20. The molecule has 1 N–H and O–H groups in total. The number of amides is 1. The van der Waals surface area contributed by atoms with Gasteiger partial charge in [0.05, 0.1) is 11.7 Å². The number of halogens is 2. The fourth-order valence-electron chi connectivity index (χ4n) is 2.02. The molecule has 2 aromatic carbocycles. The van der Waals surface area contributed by atoms with E-state index in [-0.39, 0.29) is 11.8 Å². The minimum absolute atomic E-state index is 0.300. The van der Waals surface area contributed by atoms with Crippen LogP contribution in [0.3, 0.4) is 0 Å². The number of nitrogens with one attached hydrogen (secondary N) is 1. The van der Waals surface area contributed by atoms with E-state index in [0.29, 0.717) is 17.1 Å². The van der Waals surface area contributed by atoms with E-state index in [9.17, 15) is 9.18 Å². The van der Waals surface area contributed by atoms with E-state index in [1.165, 1.54) is 16.8 Å². The van der Waals surface area contributed by atoms with Gasteiger partial charge in [0, 0.05) is 17.0 Å². The number of nitrogens with zero attached hydrogens (tertiary/aromatic N) is 2. The highest BCUT2D eigenvalue weighted by molar-refractivity contribution is 6.31. The minimum atomic E-state index is -0.350. The van der Waals surface area contributed by atoms with Gasteiger partial charge in [-0.1, -0.05) is 23.7 Å². The van der Waals surface area contributed by atoms with E-state index < -0.39 is 0 Å². The van der Waals surface area contributed by atoms with Gasteiger partial charge >= 0.3 is 6.03 Å². The maximum Gasteiger partial charge on any atom is 0.342 e. The normalized spacial score (nSPS) is 10.8. The Labute approximate surface area is 125 Å². The molecule has 0 saturated carbocycles. The molecule has 6 heteroatoms. The quantitative estimate of drug-likeness (QED) is 0.786. The molecule has 3 rings (SSSR count). The Morgan fingerprint density at radius 1 is 1.24 bits per heavy atom. The molecular weight excluding hydrogens is 293 g/mol. The summed E-state index contributed by atoms with van der Waals surface area (Å²) in [7, 11) is 0. The second-order valence-electron chi connectivity index (χ2n) is 4.54. The first-order valence-corrected chi connectivity index (χ1v) is 6.67. The molecule has 0 spiro atoms. The summed E-state index contributed by atoms with van der Waals surface area (Å²) in [5, 5.41) is 8.16. The van der Waals surface area contributed by atoms with Crippen LogP contribution >= 0.6 is 11.6 Å². The number of hydrogen-bond acceptors (Lipinski definition) is 2. The number of benzene rings is 2. The summed E-state index contributed by atoms with van der Waals surface area (Å²) in [6.07, 6.45) is 1.58. The van der Waals surface area contributed by atoms with Gasteiger partial charge in [-0.25, -0.2) is 9.18 Å². The van der Waals surface area contributed by atoms with Gasteiger partial charge in [0.15, 0.2) is 0 Å². The zero-order valence-corrected chi connectivity index (χ0v) is 11.6. The van der Waals surface area contributed by atoms with Crippen molar-refractivity contribution < 1.29 is 9.18 Å². The standard InChI is InChI=1S/C15H11ClFN3O/c16-12-3-6-14-11(7-12)9-19-20(14)15(21)18-8-10-1-4-13(17)5-2-10/h1-7,9H,8H2,(H,18,21). The van der Waals surface area contributed by atoms with E-state index in [0.717, 1.165) is 10.9 Å². The Balaban J connectivity index is 1.76. The molecule has 0 aliphatic rings. The summed E-state index contributed by atoms with van der Waals surface area (Å²) in [4.78, 5) is 12.1. The van der Waals surface area contributed by atoms with Crippen LogP contribution in [0.2, 0.25) is 5.02 Å². The van der Waals surface area contributed by atoms with Crippen molar-refractivity contribution in [2.75, 3.05) is 0 Å². The summed E-state index contributed by atoms with van der Waals surface area (Å²) in [6.45, 7) is 0.300. The molecule has 3 aromatic rings. The predicted molar refractivity (Wildman–Crippen MR) is 78.8 cm³/mol. The van der Waals surface area contributed by atoms with Gasteiger partial charge in [-0.2, -0.15) is 9.78 Å². The maximum atomic E-state index is 12.8. The Morgan fingerprint density at radius 2 is 2.00 bits per heavy atom. The van der Waals surface area contributed by atoms with Crippen molar-refractivity contribution >= 4 is 28.5 Å². The van der Waals surface area contributed by atoms with Crippen LogP contribution in [0.1, 0.15) is 5.56 Å². The third-order valence-electron chi connectivity index (χ3n) is 3.08. The topological polar surface area (TPSA) is 46.9 Å². The number of aromatic nitrogens is 2. The zero-order chi connectivity index (χ0) is 14.8. The van der Waals surface area contributed by atoms with Crippen LogP contribution in [0.25, 0.3) is 10.9 Å². The van der Waals surface area contributed by atoms with E-state index in [2.05, 4.69) is 10.4 Å². The highest BCUT2D eigenvalue weighted by Crippen LogP contribution is 2.18. The van der Waals surface area contributed by atoms with Crippen LogP contribution in [0.4, 0.5) is 9.18 Å². The molecule has 4 nitrogen and oxygen atoms in total. The first-order chi connectivity index (χ1) is 10.1. The molecule has 0 radical (unpaired) electrons. The van der Waals surface area contributed by atoms with Crippen molar-refractivity contribution in [3.63, 3.8) is 0 Å². The van der Waals surface area contributed by atoms with Crippen molar-refractivity contribution in [1.29, 1.82) is 0 Å². The third kappa shape index (κ3) is 2.87. The average Bonchev–Trinajstić information content (AvgIpc) is 2.89. The summed E-state index contributed by atoms with van der Waals surface area (Å²) in [6, 6.07) is 10.8. The van der Waals surface area contributed by atoms with Gasteiger partial charge < -0.3 is 5.32 Å². The van der Waals surface area contributed by atoms with Gasteiger partial charge in [-0.15, -0.1) is 0 Å². The largest absolute Gasteiger partial charge is 0.342 e. The molecule has 0 bridgehead atoms. The Hall–Kier alpha value is -2.40. The Morgan fingerprint density at radius 3 is 2.76 bits per heavy atom. The number of rotatable bonds is 2.